The topological polar surface area (TPSA) is 119 Å². The number of ether oxygens (including phenoxy) is 1. The highest BCUT2D eigenvalue weighted by Crippen LogP contribution is 2.34. The Morgan fingerprint density at radius 2 is 1.89 bits per heavy atom. The van der Waals surface area contributed by atoms with E-state index in [2.05, 4.69) is 5.32 Å². The summed E-state index contributed by atoms with van der Waals surface area (Å²) in [5, 5.41) is 2.70. The van der Waals surface area contributed by atoms with E-state index in [1.807, 2.05) is 0 Å². The number of hydrogen-bond acceptors (Lipinski definition) is 6. The minimum absolute atomic E-state index is 0.0101. The molecular formula is C18H21N3O5S2. The molecule has 150 valence electrons. The number of nitrogens with zero attached hydrogens (tertiary/aromatic N) is 1. The maximum absolute atomic E-state index is 12.9. The fourth-order valence-corrected chi connectivity index (χ4v) is 5.98. The molecule has 0 spiro atoms. The summed E-state index contributed by atoms with van der Waals surface area (Å²) < 4.78 is 32.2. The summed E-state index contributed by atoms with van der Waals surface area (Å²) in [6.45, 7) is 0.884. The highest BCUT2D eigenvalue weighted by molar-refractivity contribution is 7.91. The number of thiophene rings is 1. The molecule has 3 rings (SSSR count). The Hall–Kier alpha value is -2.43. The number of carbonyl (C=O) groups is 2. The van der Waals surface area contributed by atoms with Gasteiger partial charge in [-0.1, -0.05) is 12.5 Å². The molecule has 2 aromatic rings. The first-order valence-electron chi connectivity index (χ1n) is 8.72. The van der Waals surface area contributed by atoms with Crippen molar-refractivity contribution in [3.8, 4) is 5.75 Å². The Bertz CT molecular complexity index is 994. The van der Waals surface area contributed by atoms with E-state index in [0.29, 0.717) is 24.4 Å². The largest absolute Gasteiger partial charge is 0.497 e. The molecule has 1 saturated heterocycles. The number of anilines is 1. The summed E-state index contributed by atoms with van der Waals surface area (Å²) in [4.78, 5) is 24.4. The zero-order valence-electron chi connectivity index (χ0n) is 15.3. The average molecular weight is 424 g/mol. The molecule has 1 aliphatic rings. The van der Waals surface area contributed by atoms with Crippen LogP contribution in [0.5, 0.6) is 5.75 Å². The number of carbonyl (C=O) groups excluding carboxylic acids is 2. The van der Waals surface area contributed by atoms with E-state index in [9.17, 15) is 18.0 Å². The van der Waals surface area contributed by atoms with Crippen molar-refractivity contribution in [2.24, 2.45) is 5.73 Å². The third kappa shape index (κ3) is 4.18. The first-order valence-corrected chi connectivity index (χ1v) is 11.0. The number of primary amides is 1. The smallest absolute Gasteiger partial charge is 0.256 e. The lowest BCUT2D eigenvalue weighted by Gasteiger charge is -2.25. The van der Waals surface area contributed by atoms with Crippen LogP contribution in [0.15, 0.2) is 34.5 Å². The van der Waals surface area contributed by atoms with E-state index >= 15 is 0 Å². The van der Waals surface area contributed by atoms with Crippen LogP contribution < -0.4 is 15.8 Å². The van der Waals surface area contributed by atoms with Gasteiger partial charge < -0.3 is 15.8 Å². The van der Waals surface area contributed by atoms with Gasteiger partial charge in [-0.15, -0.1) is 11.3 Å². The van der Waals surface area contributed by atoms with Crippen LogP contribution in [0.25, 0.3) is 0 Å². The van der Waals surface area contributed by atoms with E-state index in [-0.39, 0.29) is 14.8 Å². The summed E-state index contributed by atoms with van der Waals surface area (Å²) in [6.07, 6.45) is 2.59. The zero-order chi connectivity index (χ0) is 20.3. The molecule has 1 aromatic heterocycles. The predicted octanol–water partition coefficient (Wildman–Crippen LogP) is 2.28. The van der Waals surface area contributed by atoms with E-state index < -0.39 is 21.8 Å². The monoisotopic (exact) mass is 423 g/mol. The molecule has 1 aromatic carbocycles. The van der Waals surface area contributed by atoms with E-state index in [1.54, 1.807) is 18.2 Å². The summed E-state index contributed by atoms with van der Waals surface area (Å²) in [5.74, 6) is -0.801. The van der Waals surface area contributed by atoms with Crippen molar-refractivity contribution in [1.29, 1.82) is 0 Å². The second-order valence-corrected chi connectivity index (χ2v) is 9.54. The number of rotatable bonds is 6. The Kier molecular flexibility index (Phi) is 6.01. The van der Waals surface area contributed by atoms with Gasteiger partial charge in [0.2, 0.25) is 0 Å². The van der Waals surface area contributed by atoms with E-state index in [4.69, 9.17) is 10.5 Å². The van der Waals surface area contributed by atoms with Crippen LogP contribution >= 0.6 is 11.3 Å². The van der Waals surface area contributed by atoms with Gasteiger partial charge in [-0.05, 0) is 37.1 Å². The highest BCUT2D eigenvalue weighted by Gasteiger charge is 2.30. The molecule has 3 N–H and O–H groups in total. The van der Waals surface area contributed by atoms with Gasteiger partial charge in [-0.2, -0.15) is 4.31 Å². The minimum atomic E-state index is -3.74. The third-order valence-corrected chi connectivity index (χ3v) is 7.84. The van der Waals surface area contributed by atoms with Crippen LogP contribution in [-0.4, -0.2) is 44.7 Å². The zero-order valence-corrected chi connectivity index (χ0v) is 16.9. The number of nitrogens with one attached hydrogen (secondary N) is 1. The molecule has 1 fully saturated rings. The van der Waals surface area contributed by atoms with Crippen LogP contribution in [0.3, 0.4) is 0 Å². The molecule has 0 saturated carbocycles. The Balaban J connectivity index is 1.90. The fraction of sp³-hybridized carbons (Fsp3) is 0.333. The Labute approximate surface area is 167 Å². The quantitative estimate of drug-likeness (QED) is 0.739. The lowest BCUT2D eigenvalue weighted by atomic mass is 10.2. The Morgan fingerprint density at radius 3 is 2.54 bits per heavy atom. The first-order chi connectivity index (χ1) is 13.3. The number of piperidine rings is 1. The van der Waals surface area contributed by atoms with Crippen molar-refractivity contribution in [3.63, 3.8) is 0 Å². The molecule has 10 heteroatoms. The number of amides is 2. The lowest BCUT2D eigenvalue weighted by Crippen LogP contribution is -2.35. The van der Waals surface area contributed by atoms with Gasteiger partial charge in [-0.3, -0.25) is 9.59 Å². The van der Waals surface area contributed by atoms with Crippen molar-refractivity contribution in [3.05, 3.63) is 41.5 Å². The van der Waals surface area contributed by atoms with E-state index in [1.165, 1.54) is 23.5 Å². The summed E-state index contributed by atoms with van der Waals surface area (Å²) in [7, 11) is -2.25. The number of methoxy groups -OCH3 is 1. The van der Waals surface area contributed by atoms with Gasteiger partial charge in [0.1, 0.15) is 15.0 Å². The molecule has 0 bridgehead atoms. The van der Waals surface area contributed by atoms with Gasteiger partial charge in [0.15, 0.2) is 0 Å². The minimum Gasteiger partial charge on any atom is -0.497 e. The molecule has 2 amide bonds. The second-order valence-electron chi connectivity index (χ2n) is 6.32. The van der Waals surface area contributed by atoms with Crippen LogP contribution in [0, 0.1) is 0 Å². The summed E-state index contributed by atoms with van der Waals surface area (Å²) >= 11 is 0.828. The maximum atomic E-state index is 12.9. The molecule has 0 radical (unpaired) electrons. The number of sulfonamides is 1. The van der Waals surface area contributed by atoms with Crippen molar-refractivity contribution in [1.82, 2.24) is 4.31 Å². The standard InChI is InChI=1S/C18H21N3O5S2/c1-26-13-7-5-6-12(10-13)17(23)20-18-14(16(19)22)11-15(27-18)28(24,25)21-8-3-2-4-9-21/h5-7,10-11H,2-4,8-9H2,1H3,(H2,19,22)(H,20,23). The van der Waals surface area contributed by atoms with Crippen LogP contribution in [-0.2, 0) is 10.0 Å². The maximum Gasteiger partial charge on any atom is 0.256 e. The van der Waals surface area contributed by atoms with Gasteiger partial charge in [0.25, 0.3) is 21.8 Å². The number of hydrogen-bond donors (Lipinski definition) is 2. The number of benzene rings is 1. The van der Waals surface area contributed by atoms with Gasteiger partial charge in [0, 0.05) is 18.7 Å². The molecule has 0 aliphatic carbocycles. The number of nitrogens with two attached hydrogens (primary N) is 1. The molecule has 2 heterocycles. The molecule has 28 heavy (non-hydrogen) atoms. The van der Waals surface area contributed by atoms with Gasteiger partial charge in [-0.25, -0.2) is 8.42 Å². The summed E-state index contributed by atoms with van der Waals surface area (Å²) in [5.41, 5.74) is 5.68. The van der Waals surface area contributed by atoms with Crippen molar-refractivity contribution in [2.45, 2.75) is 23.5 Å². The summed E-state index contributed by atoms with van der Waals surface area (Å²) in [6, 6.07) is 7.71. The van der Waals surface area contributed by atoms with Crippen molar-refractivity contribution < 1.29 is 22.7 Å². The van der Waals surface area contributed by atoms with Crippen LogP contribution in [0.2, 0.25) is 0 Å². The molecule has 8 nitrogen and oxygen atoms in total. The predicted molar refractivity (Wildman–Crippen MR) is 106 cm³/mol. The third-order valence-electron chi connectivity index (χ3n) is 4.44. The second kappa shape index (κ2) is 8.29. The highest BCUT2D eigenvalue weighted by atomic mass is 32.2. The van der Waals surface area contributed by atoms with E-state index in [0.717, 1.165) is 30.6 Å². The molecule has 0 atom stereocenters. The fourth-order valence-electron chi connectivity index (χ4n) is 2.94. The first kappa shape index (κ1) is 20.3. The SMILES string of the molecule is COc1cccc(C(=O)Nc2sc(S(=O)(=O)N3CCCCC3)cc2C(N)=O)c1. The molecule has 0 unspecified atom stereocenters. The lowest BCUT2D eigenvalue weighted by molar-refractivity contribution is 0.100. The van der Waals surface area contributed by atoms with Crippen molar-refractivity contribution >= 4 is 38.2 Å². The molecule has 1 aliphatic heterocycles. The van der Waals surface area contributed by atoms with Crippen molar-refractivity contribution in [2.75, 3.05) is 25.5 Å². The Morgan fingerprint density at radius 1 is 1.18 bits per heavy atom. The van der Waals surface area contributed by atoms with Crippen LogP contribution in [0.4, 0.5) is 5.00 Å². The normalized spacial score (nSPS) is 15.2. The van der Waals surface area contributed by atoms with Gasteiger partial charge in [0.05, 0.1) is 12.7 Å². The average Bonchev–Trinajstić information content (AvgIpc) is 3.13. The van der Waals surface area contributed by atoms with Gasteiger partial charge >= 0.3 is 0 Å². The molecular weight excluding hydrogens is 402 g/mol. The van der Waals surface area contributed by atoms with Crippen LogP contribution in [0.1, 0.15) is 40.0 Å².